The first-order valence-electron chi connectivity index (χ1n) is 7.52. The van der Waals surface area contributed by atoms with Crippen LogP contribution in [-0.4, -0.2) is 13.2 Å². The van der Waals surface area contributed by atoms with Crippen molar-refractivity contribution in [3.63, 3.8) is 0 Å². The Labute approximate surface area is 125 Å². The Bertz CT molecular complexity index is 609. The predicted molar refractivity (Wildman–Crippen MR) is 82.2 cm³/mol. The van der Waals surface area contributed by atoms with E-state index in [-0.39, 0.29) is 11.9 Å². The highest BCUT2D eigenvalue weighted by atomic mass is 19.1. The molecule has 21 heavy (non-hydrogen) atoms. The molecular weight excluding hydrogens is 265 g/mol. The minimum absolute atomic E-state index is 0.0939. The Kier molecular flexibility index (Phi) is 4.20. The molecule has 1 aliphatic rings. The van der Waals surface area contributed by atoms with Gasteiger partial charge in [0.1, 0.15) is 11.6 Å². The summed E-state index contributed by atoms with van der Waals surface area (Å²) < 4.78 is 18.7. The Balaban J connectivity index is 1.93. The van der Waals surface area contributed by atoms with Crippen molar-refractivity contribution in [1.29, 1.82) is 0 Å². The first-order chi connectivity index (χ1) is 10.3. The SMILES string of the molecule is CCCNC(c1ccc(F)cc1)c1ccc2c(c1)CCO2. The number of ether oxygens (including phenoxy) is 1. The third-order valence-corrected chi connectivity index (χ3v) is 3.85. The second kappa shape index (κ2) is 6.27. The van der Waals surface area contributed by atoms with Crippen LogP contribution in [0.2, 0.25) is 0 Å². The lowest BCUT2D eigenvalue weighted by molar-refractivity contribution is 0.357. The van der Waals surface area contributed by atoms with Gasteiger partial charge in [0, 0.05) is 6.42 Å². The lowest BCUT2D eigenvalue weighted by Gasteiger charge is -2.20. The summed E-state index contributed by atoms with van der Waals surface area (Å²) in [5, 5.41) is 3.55. The van der Waals surface area contributed by atoms with Crippen molar-refractivity contribution in [1.82, 2.24) is 5.32 Å². The van der Waals surface area contributed by atoms with E-state index in [2.05, 4.69) is 24.4 Å². The number of hydrogen-bond donors (Lipinski definition) is 1. The zero-order valence-corrected chi connectivity index (χ0v) is 12.2. The molecule has 0 fully saturated rings. The van der Waals surface area contributed by atoms with Gasteiger partial charge in [0.2, 0.25) is 0 Å². The van der Waals surface area contributed by atoms with Crippen LogP contribution < -0.4 is 10.1 Å². The van der Waals surface area contributed by atoms with E-state index in [0.717, 1.165) is 37.3 Å². The van der Waals surface area contributed by atoms with Gasteiger partial charge < -0.3 is 10.1 Å². The van der Waals surface area contributed by atoms with Crippen LogP contribution in [0.1, 0.15) is 36.1 Å². The number of benzene rings is 2. The maximum Gasteiger partial charge on any atom is 0.123 e. The van der Waals surface area contributed by atoms with Gasteiger partial charge in [-0.2, -0.15) is 0 Å². The van der Waals surface area contributed by atoms with Gasteiger partial charge in [0.15, 0.2) is 0 Å². The van der Waals surface area contributed by atoms with Crippen molar-refractivity contribution in [2.75, 3.05) is 13.2 Å². The highest BCUT2D eigenvalue weighted by Crippen LogP contribution is 2.30. The third kappa shape index (κ3) is 3.08. The summed E-state index contributed by atoms with van der Waals surface area (Å²) in [7, 11) is 0. The molecule has 0 bridgehead atoms. The number of fused-ring (bicyclic) bond motifs is 1. The average Bonchev–Trinajstić information content (AvgIpc) is 2.97. The van der Waals surface area contributed by atoms with Crippen molar-refractivity contribution < 1.29 is 9.13 Å². The molecule has 2 nitrogen and oxygen atoms in total. The van der Waals surface area contributed by atoms with E-state index < -0.39 is 0 Å². The molecule has 0 saturated carbocycles. The summed E-state index contributed by atoms with van der Waals surface area (Å²) in [6, 6.07) is 13.2. The van der Waals surface area contributed by atoms with Gasteiger partial charge in [-0.05, 0) is 47.9 Å². The minimum atomic E-state index is -0.199. The standard InChI is InChI=1S/C18H20FNO/c1-2-10-20-18(13-3-6-16(19)7-4-13)15-5-8-17-14(12-15)9-11-21-17/h3-8,12,18,20H,2,9-11H2,1H3. The largest absolute Gasteiger partial charge is 0.493 e. The topological polar surface area (TPSA) is 21.3 Å². The lowest BCUT2D eigenvalue weighted by atomic mass is 9.96. The molecular formula is C18H20FNO. The van der Waals surface area contributed by atoms with E-state index in [4.69, 9.17) is 4.74 Å². The van der Waals surface area contributed by atoms with Gasteiger partial charge in [-0.1, -0.05) is 31.2 Å². The van der Waals surface area contributed by atoms with Crippen molar-refractivity contribution in [2.24, 2.45) is 0 Å². The number of hydrogen-bond acceptors (Lipinski definition) is 2. The molecule has 3 rings (SSSR count). The number of halogens is 1. The van der Waals surface area contributed by atoms with Crippen LogP contribution in [-0.2, 0) is 6.42 Å². The monoisotopic (exact) mass is 285 g/mol. The van der Waals surface area contributed by atoms with E-state index in [9.17, 15) is 4.39 Å². The summed E-state index contributed by atoms with van der Waals surface area (Å²) in [5.74, 6) is 0.794. The van der Waals surface area contributed by atoms with Crippen molar-refractivity contribution >= 4 is 0 Å². The fraction of sp³-hybridized carbons (Fsp3) is 0.333. The van der Waals surface area contributed by atoms with Gasteiger partial charge in [0.05, 0.1) is 12.6 Å². The molecule has 0 amide bonds. The average molecular weight is 285 g/mol. The van der Waals surface area contributed by atoms with E-state index >= 15 is 0 Å². The van der Waals surface area contributed by atoms with Gasteiger partial charge in [-0.25, -0.2) is 4.39 Å². The van der Waals surface area contributed by atoms with E-state index in [1.54, 1.807) is 0 Å². The third-order valence-electron chi connectivity index (χ3n) is 3.85. The maximum absolute atomic E-state index is 13.1. The molecule has 110 valence electrons. The Morgan fingerprint density at radius 2 is 1.90 bits per heavy atom. The molecule has 0 aromatic heterocycles. The molecule has 0 saturated heterocycles. The zero-order valence-electron chi connectivity index (χ0n) is 12.2. The first-order valence-corrected chi connectivity index (χ1v) is 7.52. The molecule has 3 heteroatoms. The van der Waals surface area contributed by atoms with Crippen LogP contribution in [0.5, 0.6) is 5.75 Å². The molecule has 2 aromatic carbocycles. The van der Waals surface area contributed by atoms with Crippen LogP contribution in [0.15, 0.2) is 42.5 Å². The zero-order chi connectivity index (χ0) is 14.7. The molecule has 0 spiro atoms. The summed E-state index contributed by atoms with van der Waals surface area (Å²) in [6.07, 6.45) is 2.03. The Morgan fingerprint density at radius 3 is 2.67 bits per heavy atom. The summed E-state index contributed by atoms with van der Waals surface area (Å²) in [5.41, 5.74) is 3.56. The molecule has 1 atom stereocenters. The van der Waals surface area contributed by atoms with Crippen LogP contribution in [0.3, 0.4) is 0 Å². The maximum atomic E-state index is 13.1. The van der Waals surface area contributed by atoms with Gasteiger partial charge in [-0.3, -0.25) is 0 Å². The van der Waals surface area contributed by atoms with E-state index in [1.807, 2.05) is 18.2 Å². The van der Waals surface area contributed by atoms with Gasteiger partial charge >= 0.3 is 0 Å². The molecule has 1 aliphatic heterocycles. The van der Waals surface area contributed by atoms with Gasteiger partial charge in [-0.15, -0.1) is 0 Å². The summed E-state index contributed by atoms with van der Waals surface area (Å²) >= 11 is 0. The number of nitrogens with one attached hydrogen (secondary N) is 1. The Morgan fingerprint density at radius 1 is 1.14 bits per heavy atom. The van der Waals surface area contributed by atoms with Gasteiger partial charge in [0.25, 0.3) is 0 Å². The molecule has 0 radical (unpaired) electrons. The highest BCUT2D eigenvalue weighted by Gasteiger charge is 2.18. The summed E-state index contributed by atoms with van der Waals surface area (Å²) in [6.45, 7) is 3.84. The number of rotatable bonds is 5. The second-order valence-corrected chi connectivity index (χ2v) is 5.40. The molecule has 1 N–H and O–H groups in total. The molecule has 1 unspecified atom stereocenters. The van der Waals surface area contributed by atoms with Crippen LogP contribution in [0.25, 0.3) is 0 Å². The van der Waals surface area contributed by atoms with Crippen LogP contribution in [0, 0.1) is 5.82 Å². The van der Waals surface area contributed by atoms with E-state index in [1.165, 1.54) is 23.3 Å². The highest BCUT2D eigenvalue weighted by molar-refractivity contribution is 5.43. The van der Waals surface area contributed by atoms with Crippen molar-refractivity contribution in [3.05, 3.63) is 65.0 Å². The normalized spacial score (nSPS) is 14.6. The lowest BCUT2D eigenvalue weighted by Crippen LogP contribution is -2.23. The predicted octanol–water partition coefficient (Wildman–Crippen LogP) is 3.85. The van der Waals surface area contributed by atoms with Crippen molar-refractivity contribution in [3.8, 4) is 5.75 Å². The van der Waals surface area contributed by atoms with Crippen LogP contribution >= 0.6 is 0 Å². The second-order valence-electron chi connectivity index (χ2n) is 5.40. The quantitative estimate of drug-likeness (QED) is 0.901. The molecule has 2 aromatic rings. The van der Waals surface area contributed by atoms with Crippen LogP contribution in [0.4, 0.5) is 4.39 Å². The minimum Gasteiger partial charge on any atom is -0.493 e. The summed E-state index contributed by atoms with van der Waals surface area (Å²) in [4.78, 5) is 0. The molecule has 1 heterocycles. The van der Waals surface area contributed by atoms with Crippen molar-refractivity contribution in [2.45, 2.75) is 25.8 Å². The fourth-order valence-corrected chi connectivity index (χ4v) is 2.76. The fourth-order valence-electron chi connectivity index (χ4n) is 2.76. The molecule has 0 aliphatic carbocycles. The first kappa shape index (κ1) is 14.1. The smallest absolute Gasteiger partial charge is 0.123 e. The Hall–Kier alpha value is -1.87. The van der Waals surface area contributed by atoms with E-state index in [0.29, 0.717) is 0 Å².